The molecule has 0 heterocycles. The first-order chi connectivity index (χ1) is 5.52. The lowest BCUT2D eigenvalue weighted by Gasteiger charge is -2.01. The standard InChI is InChI=1S/C8H15NO3/c1-7(2)6-8(10)4-3-5-9(11)12/h7H,3-6H2,1-2H3. The van der Waals surface area contributed by atoms with Gasteiger partial charge in [-0.2, -0.15) is 0 Å². The van der Waals surface area contributed by atoms with Crippen LogP contribution >= 0.6 is 0 Å². The molecule has 4 heteroatoms. The highest BCUT2D eigenvalue weighted by Gasteiger charge is 2.06. The number of hydrogen-bond acceptors (Lipinski definition) is 3. The van der Waals surface area contributed by atoms with Gasteiger partial charge >= 0.3 is 0 Å². The molecular weight excluding hydrogens is 158 g/mol. The van der Waals surface area contributed by atoms with Crippen molar-refractivity contribution >= 4 is 5.78 Å². The summed E-state index contributed by atoms with van der Waals surface area (Å²) in [6.45, 7) is 3.83. The van der Waals surface area contributed by atoms with Gasteiger partial charge in [0.15, 0.2) is 0 Å². The van der Waals surface area contributed by atoms with E-state index in [4.69, 9.17) is 0 Å². The van der Waals surface area contributed by atoms with Crippen LogP contribution < -0.4 is 0 Å². The lowest BCUT2D eigenvalue weighted by Crippen LogP contribution is -2.07. The largest absolute Gasteiger partial charge is 0.300 e. The van der Waals surface area contributed by atoms with E-state index in [9.17, 15) is 14.9 Å². The molecule has 0 fully saturated rings. The van der Waals surface area contributed by atoms with E-state index >= 15 is 0 Å². The van der Waals surface area contributed by atoms with Crippen LogP contribution in [-0.2, 0) is 4.79 Å². The molecule has 0 N–H and O–H groups in total. The van der Waals surface area contributed by atoms with Crippen molar-refractivity contribution in [2.75, 3.05) is 6.54 Å². The minimum absolute atomic E-state index is 0.0934. The smallest absolute Gasteiger partial charge is 0.204 e. The van der Waals surface area contributed by atoms with Crippen molar-refractivity contribution in [3.63, 3.8) is 0 Å². The van der Waals surface area contributed by atoms with E-state index in [1.807, 2.05) is 13.8 Å². The molecule has 0 aromatic carbocycles. The van der Waals surface area contributed by atoms with Gasteiger partial charge in [-0.3, -0.25) is 14.9 Å². The molecular formula is C8H15NO3. The summed E-state index contributed by atoms with van der Waals surface area (Å²) in [7, 11) is 0. The van der Waals surface area contributed by atoms with E-state index < -0.39 is 0 Å². The van der Waals surface area contributed by atoms with E-state index in [1.54, 1.807) is 0 Å². The summed E-state index contributed by atoms with van der Waals surface area (Å²) in [5.41, 5.74) is 0. The average molecular weight is 173 g/mol. The number of Topliss-reactive ketones (excluding diaryl/α,β-unsaturated/α-hetero) is 1. The Kier molecular flexibility index (Phi) is 5.25. The Morgan fingerprint density at radius 3 is 2.50 bits per heavy atom. The Morgan fingerprint density at radius 2 is 2.08 bits per heavy atom. The van der Waals surface area contributed by atoms with Crippen LogP contribution in [0.5, 0.6) is 0 Å². The second-order valence-corrected chi connectivity index (χ2v) is 3.30. The van der Waals surface area contributed by atoms with Crippen LogP contribution in [0.4, 0.5) is 0 Å². The fraction of sp³-hybridized carbons (Fsp3) is 0.875. The fourth-order valence-corrected chi connectivity index (χ4v) is 0.963. The van der Waals surface area contributed by atoms with Gasteiger partial charge in [0, 0.05) is 24.2 Å². The highest BCUT2D eigenvalue weighted by molar-refractivity contribution is 5.78. The third-order valence-electron chi connectivity index (χ3n) is 1.43. The Balaban J connectivity index is 3.38. The molecule has 0 aromatic heterocycles. The molecule has 70 valence electrons. The zero-order chi connectivity index (χ0) is 9.56. The maximum Gasteiger partial charge on any atom is 0.204 e. The molecule has 0 amide bonds. The summed E-state index contributed by atoms with van der Waals surface area (Å²) in [4.78, 5) is 20.5. The Bertz CT molecular complexity index is 166. The average Bonchev–Trinajstić information content (AvgIpc) is 1.84. The first-order valence-electron chi connectivity index (χ1n) is 4.16. The number of nitrogens with zero attached hydrogens (tertiary/aromatic N) is 1. The lowest BCUT2D eigenvalue weighted by atomic mass is 10.0. The summed E-state index contributed by atoms with van der Waals surface area (Å²) < 4.78 is 0. The number of carbonyl (C=O) groups is 1. The zero-order valence-electron chi connectivity index (χ0n) is 7.58. The number of hydrogen-bond donors (Lipinski definition) is 0. The van der Waals surface area contributed by atoms with Gasteiger partial charge in [-0.25, -0.2) is 0 Å². The fourth-order valence-electron chi connectivity index (χ4n) is 0.963. The van der Waals surface area contributed by atoms with Gasteiger partial charge in [-0.1, -0.05) is 13.8 Å². The first kappa shape index (κ1) is 11.1. The van der Waals surface area contributed by atoms with Crippen LogP contribution in [0.1, 0.15) is 33.1 Å². The summed E-state index contributed by atoms with van der Waals surface area (Å²) in [5, 5.41) is 9.90. The number of ketones is 1. The van der Waals surface area contributed by atoms with Gasteiger partial charge in [0.2, 0.25) is 6.54 Å². The van der Waals surface area contributed by atoms with Gasteiger partial charge in [0.05, 0.1) is 0 Å². The number of rotatable bonds is 6. The third-order valence-corrected chi connectivity index (χ3v) is 1.43. The highest BCUT2D eigenvalue weighted by atomic mass is 16.6. The van der Waals surface area contributed by atoms with Crippen LogP contribution in [0.3, 0.4) is 0 Å². The van der Waals surface area contributed by atoms with Crippen LogP contribution in [0, 0.1) is 16.0 Å². The summed E-state index contributed by atoms with van der Waals surface area (Å²) in [6, 6.07) is 0. The molecule has 0 atom stereocenters. The van der Waals surface area contributed by atoms with Crippen molar-refractivity contribution in [2.24, 2.45) is 5.92 Å². The van der Waals surface area contributed by atoms with Crippen molar-refractivity contribution < 1.29 is 9.72 Å². The van der Waals surface area contributed by atoms with Gasteiger partial charge in [0.25, 0.3) is 0 Å². The van der Waals surface area contributed by atoms with E-state index in [0.717, 1.165) is 0 Å². The Hall–Kier alpha value is -0.930. The molecule has 0 bridgehead atoms. The molecule has 12 heavy (non-hydrogen) atoms. The summed E-state index contributed by atoms with van der Waals surface area (Å²) >= 11 is 0. The highest BCUT2D eigenvalue weighted by Crippen LogP contribution is 2.04. The second kappa shape index (κ2) is 5.69. The monoisotopic (exact) mass is 173 g/mol. The van der Waals surface area contributed by atoms with Gasteiger partial charge in [-0.05, 0) is 5.92 Å². The molecule has 0 radical (unpaired) electrons. The Labute approximate surface area is 72.1 Å². The van der Waals surface area contributed by atoms with Crippen molar-refractivity contribution in [2.45, 2.75) is 33.1 Å². The summed E-state index contributed by atoms with van der Waals surface area (Å²) in [5.74, 6) is 0.486. The third kappa shape index (κ3) is 7.18. The van der Waals surface area contributed by atoms with Crippen molar-refractivity contribution in [1.82, 2.24) is 0 Å². The van der Waals surface area contributed by atoms with E-state index in [-0.39, 0.29) is 17.3 Å². The predicted octanol–water partition coefficient (Wildman–Crippen LogP) is 1.66. The van der Waals surface area contributed by atoms with Crippen LogP contribution in [-0.4, -0.2) is 17.3 Å². The maximum atomic E-state index is 11.0. The van der Waals surface area contributed by atoms with Gasteiger partial charge in [-0.15, -0.1) is 0 Å². The van der Waals surface area contributed by atoms with E-state index in [1.165, 1.54) is 0 Å². The van der Waals surface area contributed by atoms with E-state index in [2.05, 4.69) is 0 Å². The minimum Gasteiger partial charge on any atom is -0.300 e. The number of carbonyl (C=O) groups excluding carboxylic acids is 1. The topological polar surface area (TPSA) is 60.2 Å². The lowest BCUT2D eigenvalue weighted by molar-refractivity contribution is -0.480. The Morgan fingerprint density at radius 1 is 1.50 bits per heavy atom. The molecule has 0 aliphatic rings. The molecule has 0 saturated heterocycles. The minimum atomic E-state index is -0.386. The van der Waals surface area contributed by atoms with Crippen molar-refractivity contribution in [3.05, 3.63) is 10.1 Å². The summed E-state index contributed by atoms with van der Waals surface area (Å²) in [6.07, 6.45) is 1.26. The second-order valence-electron chi connectivity index (χ2n) is 3.30. The van der Waals surface area contributed by atoms with E-state index in [0.29, 0.717) is 25.2 Å². The molecule has 0 rings (SSSR count). The first-order valence-corrected chi connectivity index (χ1v) is 4.16. The van der Waals surface area contributed by atoms with Crippen molar-refractivity contribution in [3.8, 4) is 0 Å². The van der Waals surface area contributed by atoms with Gasteiger partial charge in [0.1, 0.15) is 5.78 Å². The molecule has 0 aromatic rings. The maximum absolute atomic E-state index is 11.0. The quantitative estimate of drug-likeness (QED) is 0.453. The molecule has 0 spiro atoms. The normalized spacial score (nSPS) is 10.2. The number of nitro groups is 1. The van der Waals surface area contributed by atoms with Crippen LogP contribution in [0.15, 0.2) is 0 Å². The molecule has 0 saturated carbocycles. The predicted molar refractivity (Wildman–Crippen MR) is 45.6 cm³/mol. The SMILES string of the molecule is CC(C)CC(=O)CCC[N+](=O)[O-]. The molecule has 0 aliphatic carbocycles. The molecule has 0 aliphatic heterocycles. The molecule has 4 nitrogen and oxygen atoms in total. The van der Waals surface area contributed by atoms with Crippen molar-refractivity contribution in [1.29, 1.82) is 0 Å². The zero-order valence-corrected chi connectivity index (χ0v) is 7.58. The van der Waals surface area contributed by atoms with Crippen LogP contribution in [0.25, 0.3) is 0 Å². The van der Waals surface area contributed by atoms with Gasteiger partial charge < -0.3 is 0 Å². The van der Waals surface area contributed by atoms with Crippen LogP contribution in [0.2, 0.25) is 0 Å². The molecule has 0 unspecified atom stereocenters.